The molecule has 92 valence electrons. The summed E-state index contributed by atoms with van der Waals surface area (Å²) >= 11 is 0. The summed E-state index contributed by atoms with van der Waals surface area (Å²) in [6, 6.07) is 4.42. The highest BCUT2D eigenvalue weighted by Gasteiger charge is 2.15. The molecule has 0 amide bonds. The highest BCUT2D eigenvalue weighted by molar-refractivity contribution is 5.48. The van der Waals surface area contributed by atoms with Crippen LogP contribution in [0.1, 0.15) is 19.4 Å². The van der Waals surface area contributed by atoms with E-state index in [0.29, 0.717) is 12.2 Å². The fourth-order valence-electron chi connectivity index (χ4n) is 1.22. The molecule has 0 atom stereocenters. The molecule has 1 aromatic rings. The van der Waals surface area contributed by atoms with Crippen molar-refractivity contribution in [2.45, 2.75) is 20.5 Å². The average Bonchev–Trinajstić information content (AvgIpc) is 2.28. The van der Waals surface area contributed by atoms with Crippen LogP contribution in [-0.2, 0) is 6.61 Å². The zero-order chi connectivity index (χ0) is 12.8. The van der Waals surface area contributed by atoms with E-state index in [1.165, 1.54) is 12.1 Å². The third kappa shape index (κ3) is 3.88. The van der Waals surface area contributed by atoms with E-state index in [1.54, 1.807) is 6.07 Å². The van der Waals surface area contributed by atoms with Gasteiger partial charge in [0.15, 0.2) is 5.75 Å². The van der Waals surface area contributed by atoms with Gasteiger partial charge in [-0.2, -0.15) is 0 Å². The van der Waals surface area contributed by atoms with Gasteiger partial charge >= 0.3 is 5.69 Å². The number of aliphatic hydroxyl groups excluding tert-OH is 1. The molecule has 0 aliphatic carbocycles. The molecule has 17 heavy (non-hydrogen) atoms. The number of ether oxygens (including phenoxy) is 1. The minimum atomic E-state index is -0.517. The molecule has 0 aromatic heterocycles. The van der Waals surface area contributed by atoms with E-state index in [9.17, 15) is 10.1 Å². The monoisotopic (exact) mass is 237 g/mol. The first-order valence-electron chi connectivity index (χ1n) is 5.19. The number of benzene rings is 1. The lowest BCUT2D eigenvalue weighted by Crippen LogP contribution is -1.99. The number of nitro benzene ring substituents is 1. The molecule has 0 aliphatic rings. The Labute approximate surface area is 99.5 Å². The Hall–Kier alpha value is -1.88. The van der Waals surface area contributed by atoms with Gasteiger partial charge in [-0.05, 0) is 31.6 Å². The zero-order valence-electron chi connectivity index (χ0n) is 9.84. The molecule has 5 nitrogen and oxygen atoms in total. The smallest absolute Gasteiger partial charge is 0.311 e. The minimum absolute atomic E-state index is 0.126. The zero-order valence-corrected chi connectivity index (χ0v) is 9.84. The van der Waals surface area contributed by atoms with Gasteiger partial charge < -0.3 is 9.84 Å². The van der Waals surface area contributed by atoms with E-state index in [-0.39, 0.29) is 18.0 Å². The molecule has 0 fully saturated rings. The molecule has 0 bridgehead atoms. The van der Waals surface area contributed by atoms with Crippen molar-refractivity contribution in [3.05, 3.63) is 45.5 Å². The molecule has 5 heteroatoms. The fraction of sp³-hybridized carbons (Fsp3) is 0.333. The van der Waals surface area contributed by atoms with Crippen LogP contribution in [0.5, 0.6) is 5.75 Å². The van der Waals surface area contributed by atoms with Crippen molar-refractivity contribution >= 4 is 5.69 Å². The molecule has 0 radical (unpaired) electrons. The van der Waals surface area contributed by atoms with Crippen LogP contribution >= 0.6 is 0 Å². The van der Waals surface area contributed by atoms with Crippen LogP contribution in [0.15, 0.2) is 29.8 Å². The van der Waals surface area contributed by atoms with Crippen molar-refractivity contribution in [2.75, 3.05) is 6.61 Å². The van der Waals surface area contributed by atoms with Gasteiger partial charge in [-0.1, -0.05) is 11.6 Å². The number of nitro groups is 1. The van der Waals surface area contributed by atoms with Crippen molar-refractivity contribution in [3.63, 3.8) is 0 Å². The van der Waals surface area contributed by atoms with Crippen LogP contribution < -0.4 is 4.74 Å². The van der Waals surface area contributed by atoms with Crippen molar-refractivity contribution in [3.8, 4) is 5.75 Å². The number of aliphatic hydroxyl groups is 1. The third-order valence-corrected chi connectivity index (χ3v) is 2.13. The lowest BCUT2D eigenvalue weighted by molar-refractivity contribution is -0.385. The Morgan fingerprint density at radius 2 is 2.24 bits per heavy atom. The predicted octanol–water partition coefficient (Wildman–Crippen LogP) is 2.43. The summed E-state index contributed by atoms with van der Waals surface area (Å²) in [5, 5.41) is 19.7. The molecular formula is C12H15NO4. The lowest BCUT2D eigenvalue weighted by atomic mass is 10.2. The number of hydrogen-bond acceptors (Lipinski definition) is 4. The van der Waals surface area contributed by atoms with Crippen LogP contribution in [0.3, 0.4) is 0 Å². The summed E-state index contributed by atoms with van der Waals surface area (Å²) in [6.45, 7) is 3.91. The number of allylic oxidation sites excluding steroid dienone is 1. The summed E-state index contributed by atoms with van der Waals surface area (Å²) in [5.41, 5.74) is 1.45. The highest BCUT2D eigenvalue weighted by Crippen LogP contribution is 2.28. The predicted molar refractivity (Wildman–Crippen MR) is 63.9 cm³/mol. The van der Waals surface area contributed by atoms with Gasteiger partial charge in [0.1, 0.15) is 6.61 Å². The summed E-state index contributed by atoms with van der Waals surface area (Å²) in [5.74, 6) is 0.213. The Morgan fingerprint density at radius 1 is 1.53 bits per heavy atom. The van der Waals surface area contributed by atoms with Crippen LogP contribution in [-0.4, -0.2) is 16.6 Å². The van der Waals surface area contributed by atoms with Crippen molar-refractivity contribution in [1.82, 2.24) is 0 Å². The van der Waals surface area contributed by atoms with E-state index >= 15 is 0 Å². The van der Waals surface area contributed by atoms with Gasteiger partial charge in [0.05, 0.1) is 11.5 Å². The van der Waals surface area contributed by atoms with Gasteiger partial charge in [0, 0.05) is 6.07 Å². The minimum Gasteiger partial charge on any atom is -0.483 e. The molecule has 0 unspecified atom stereocenters. The van der Waals surface area contributed by atoms with Crippen LogP contribution in [0.4, 0.5) is 5.69 Å². The standard InChI is InChI=1S/C12H15NO4/c1-9(2)5-6-17-12-4-3-10(8-14)7-11(12)13(15)16/h3-5,7,14H,6,8H2,1-2H3. The first-order valence-corrected chi connectivity index (χ1v) is 5.19. The Bertz CT molecular complexity index is 436. The number of hydrogen-bond donors (Lipinski definition) is 1. The van der Waals surface area contributed by atoms with E-state index < -0.39 is 4.92 Å². The second-order valence-electron chi connectivity index (χ2n) is 3.81. The van der Waals surface area contributed by atoms with Crippen molar-refractivity contribution in [2.24, 2.45) is 0 Å². The Kier molecular flexibility index (Phi) is 4.66. The third-order valence-electron chi connectivity index (χ3n) is 2.13. The second kappa shape index (κ2) is 6.00. The van der Waals surface area contributed by atoms with Crippen LogP contribution in [0.2, 0.25) is 0 Å². The summed E-state index contributed by atoms with van der Waals surface area (Å²) in [7, 11) is 0. The van der Waals surface area contributed by atoms with E-state index in [1.807, 2.05) is 19.9 Å². The summed E-state index contributed by atoms with van der Waals surface area (Å²) < 4.78 is 5.31. The molecule has 0 spiro atoms. The molecule has 0 aliphatic heterocycles. The summed E-state index contributed by atoms with van der Waals surface area (Å²) in [6.07, 6.45) is 1.84. The van der Waals surface area contributed by atoms with Gasteiger partial charge in [-0.15, -0.1) is 0 Å². The largest absolute Gasteiger partial charge is 0.483 e. The Morgan fingerprint density at radius 3 is 2.76 bits per heavy atom. The average molecular weight is 237 g/mol. The van der Waals surface area contributed by atoms with Gasteiger partial charge in [0.25, 0.3) is 0 Å². The lowest BCUT2D eigenvalue weighted by Gasteiger charge is -2.05. The molecular weight excluding hydrogens is 222 g/mol. The van der Waals surface area contributed by atoms with Crippen LogP contribution in [0, 0.1) is 10.1 Å². The topological polar surface area (TPSA) is 72.6 Å². The van der Waals surface area contributed by atoms with Crippen molar-refractivity contribution in [1.29, 1.82) is 0 Å². The van der Waals surface area contributed by atoms with E-state index in [4.69, 9.17) is 9.84 Å². The van der Waals surface area contributed by atoms with E-state index in [2.05, 4.69) is 0 Å². The summed E-state index contributed by atoms with van der Waals surface area (Å²) in [4.78, 5) is 10.3. The maximum atomic E-state index is 10.8. The highest BCUT2D eigenvalue weighted by atomic mass is 16.6. The molecule has 1 rings (SSSR count). The molecule has 1 aromatic carbocycles. The normalized spacial score (nSPS) is 9.82. The SMILES string of the molecule is CC(C)=CCOc1ccc(CO)cc1[N+](=O)[O-]. The molecule has 1 N–H and O–H groups in total. The van der Waals surface area contributed by atoms with Gasteiger partial charge in [-0.25, -0.2) is 0 Å². The maximum absolute atomic E-state index is 10.8. The van der Waals surface area contributed by atoms with Gasteiger partial charge in [0.2, 0.25) is 0 Å². The fourth-order valence-corrected chi connectivity index (χ4v) is 1.22. The molecule has 0 saturated heterocycles. The Balaban J connectivity index is 2.91. The van der Waals surface area contributed by atoms with Crippen molar-refractivity contribution < 1.29 is 14.8 Å². The first-order chi connectivity index (χ1) is 8.04. The number of rotatable bonds is 5. The quantitative estimate of drug-likeness (QED) is 0.485. The first kappa shape index (κ1) is 13.2. The second-order valence-corrected chi connectivity index (χ2v) is 3.81. The van der Waals surface area contributed by atoms with E-state index in [0.717, 1.165) is 5.57 Å². The van der Waals surface area contributed by atoms with Gasteiger partial charge in [-0.3, -0.25) is 10.1 Å². The number of nitrogens with zero attached hydrogens (tertiary/aromatic N) is 1. The van der Waals surface area contributed by atoms with Crippen LogP contribution in [0.25, 0.3) is 0 Å². The molecule has 0 heterocycles. The molecule has 0 saturated carbocycles. The maximum Gasteiger partial charge on any atom is 0.311 e.